The van der Waals surface area contributed by atoms with Gasteiger partial charge in [0.2, 0.25) is 0 Å². The highest BCUT2D eigenvalue weighted by Crippen LogP contribution is 2.24. The lowest BCUT2D eigenvalue weighted by molar-refractivity contribution is -0.0566. The van der Waals surface area contributed by atoms with Crippen molar-refractivity contribution < 1.29 is 19.0 Å². The van der Waals surface area contributed by atoms with Crippen molar-refractivity contribution in [3.05, 3.63) is 35.1 Å². The molecule has 2 aliphatic heterocycles. The predicted molar refractivity (Wildman–Crippen MR) is 83.8 cm³/mol. The van der Waals surface area contributed by atoms with Crippen molar-refractivity contribution in [3.63, 3.8) is 0 Å². The summed E-state index contributed by atoms with van der Waals surface area (Å²) < 4.78 is 19.6. The highest BCUT2D eigenvalue weighted by atomic mass is 19.1. The van der Waals surface area contributed by atoms with Crippen molar-refractivity contribution in [2.75, 3.05) is 26.3 Å². The maximum absolute atomic E-state index is 13.9. The SMILES string of the molecule is Cc1ccc(C(=O)N[C@H]2C[C@H]3CO[C@@H](CCO)CN3C2)c(F)c1. The first kappa shape index (κ1) is 16.4. The van der Waals surface area contributed by atoms with Crippen LogP contribution in [0, 0.1) is 12.7 Å². The van der Waals surface area contributed by atoms with Crippen LogP contribution >= 0.6 is 0 Å². The number of amides is 1. The van der Waals surface area contributed by atoms with Crippen LogP contribution < -0.4 is 5.32 Å². The van der Waals surface area contributed by atoms with Crippen molar-refractivity contribution in [2.24, 2.45) is 0 Å². The van der Waals surface area contributed by atoms with E-state index in [1.54, 1.807) is 13.0 Å². The quantitative estimate of drug-likeness (QED) is 0.871. The lowest BCUT2D eigenvalue weighted by Gasteiger charge is -2.34. The minimum absolute atomic E-state index is 0.00433. The Bertz CT molecular complexity index is 581. The molecule has 2 heterocycles. The molecule has 2 N–H and O–H groups in total. The van der Waals surface area contributed by atoms with Crippen molar-refractivity contribution >= 4 is 5.91 Å². The van der Waals surface area contributed by atoms with E-state index in [4.69, 9.17) is 9.84 Å². The summed E-state index contributed by atoms with van der Waals surface area (Å²) in [6.45, 7) is 4.06. The lowest BCUT2D eigenvalue weighted by atomic mass is 10.1. The zero-order valence-corrected chi connectivity index (χ0v) is 13.3. The van der Waals surface area contributed by atoms with Crippen molar-refractivity contribution in [1.82, 2.24) is 10.2 Å². The molecule has 0 bridgehead atoms. The summed E-state index contributed by atoms with van der Waals surface area (Å²) in [5.41, 5.74) is 0.888. The Morgan fingerprint density at radius 3 is 3.04 bits per heavy atom. The molecule has 1 aromatic carbocycles. The van der Waals surface area contributed by atoms with Gasteiger partial charge in [-0.15, -0.1) is 0 Å². The molecule has 0 spiro atoms. The first-order chi connectivity index (χ1) is 11.1. The molecule has 23 heavy (non-hydrogen) atoms. The van der Waals surface area contributed by atoms with Gasteiger partial charge in [0.1, 0.15) is 5.82 Å². The molecular weight excluding hydrogens is 299 g/mol. The number of nitrogens with zero attached hydrogens (tertiary/aromatic N) is 1. The van der Waals surface area contributed by atoms with Gasteiger partial charge in [0.05, 0.1) is 18.3 Å². The van der Waals surface area contributed by atoms with E-state index in [9.17, 15) is 9.18 Å². The number of halogens is 1. The van der Waals surface area contributed by atoms with E-state index in [0.717, 1.165) is 25.1 Å². The second-order valence-corrected chi connectivity index (χ2v) is 6.46. The highest BCUT2D eigenvalue weighted by Gasteiger charge is 2.37. The van der Waals surface area contributed by atoms with E-state index >= 15 is 0 Å². The number of aryl methyl sites for hydroxylation is 1. The van der Waals surface area contributed by atoms with Crippen LogP contribution in [0.3, 0.4) is 0 Å². The van der Waals surface area contributed by atoms with Crippen LogP contribution in [0.1, 0.15) is 28.8 Å². The van der Waals surface area contributed by atoms with Gasteiger partial charge in [0.25, 0.3) is 5.91 Å². The van der Waals surface area contributed by atoms with Crippen molar-refractivity contribution in [3.8, 4) is 0 Å². The van der Waals surface area contributed by atoms with Gasteiger partial charge < -0.3 is 15.2 Å². The molecule has 1 amide bonds. The summed E-state index contributed by atoms with van der Waals surface area (Å²) in [6.07, 6.45) is 1.50. The smallest absolute Gasteiger partial charge is 0.254 e. The number of benzene rings is 1. The summed E-state index contributed by atoms with van der Waals surface area (Å²) >= 11 is 0. The fourth-order valence-corrected chi connectivity index (χ4v) is 3.43. The molecule has 0 saturated carbocycles. The normalized spacial score (nSPS) is 27.7. The van der Waals surface area contributed by atoms with Crippen LogP contribution in [-0.4, -0.2) is 60.4 Å². The average molecular weight is 322 g/mol. The molecule has 126 valence electrons. The zero-order chi connectivity index (χ0) is 16.4. The van der Waals surface area contributed by atoms with Gasteiger partial charge in [-0.2, -0.15) is 0 Å². The molecule has 1 aromatic rings. The third-order valence-electron chi connectivity index (χ3n) is 4.65. The van der Waals surface area contributed by atoms with E-state index in [-0.39, 0.29) is 36.3 Å². The largest absolute Gasteiger partial charge is 0.396 e. The topological polar surface area (TPSA) is 61.8 Å². The van der Waals surface area contributed by atoms with Gasteiger partial charge in [-0.25, -0.2) is 4.39 Å². The number of hydrogen-bond donors (Lipinski definition) is 2. The van der Waals surface area contributed by atoms with E-state index in [2.05, 4.69) is 10.2 Å². The fourth-order valence-electron chi connectivity index (χ4n) is 3.43. The second kappa shape index (κ2) is 6.95. The van der Waals surface area contributed by atoms with Gasteiger partial charge in [0, 0.05) is 31.8 Å². The van der Waals surface area contributed by atoms with E-state index < -0.39 is 5.82 Å². The van der Waals surface area contributed by atoms with Gasteiger partial charge in [-0.1, -0.05) is 6.07 Å². The van der Waals surface area contributed by atoms with Crippen LogP contribution in [0.25, 0.3) is 0 Å². The second-order valence-electron chi connectivity index (χ2n) is 6.46. The number of hydrogen-bond acceptors (Lipinski definition) is 4. The number of morpholine rings is 1. The molecule has 6 heteroatoms. The number of ether oxygens (including phenoxy) is 1. The number of carbonyl (C=O) groups excluding carboxylic acids is 1. The van der Waals surface area contributed by atoms with Crippen molar-refractivity contribution in [2.45, 2.75) is 38.0 Å². The molecular formula is C17H23FN2O3. The van der Waals surface area contributed by atoms with Crippen LogP contribution in [0.2, 0.25) is 0 Å². The summed E-state index contributed by atoms with van der Waals surface area (Å²) in [7, 11) is 0. The van der Waals surface area contributed by atoms with Gasteiger partial charge in [-0.3, -0.25) is 9.69 Å². The number of rotatable bonds is 4. The molecule has 0 unspecified atom stereocenters. The number of fused-ring (bicyclic) bond motifs is 1. The van der Waals surface area contributed by atoms with E-state index in [0.29, 0.717) is 13.0 Å². The van der Waals surface area contributed by atoms with Gasteiger partial charge in [-0.05, 0) is 37.5 Å². The molecule has 3 atom stereocenters. The minimum atomic E-state index is -0.482. The molecule has 3 rings (SSSR count). The Labute approximate surface area is 135 Å². The Morgan fingerprint density at radius 1 is 1.48 bits per heavy atom. The Kier molecular flexibility index (Phi) is 4.94. The number of carbonyl (C=O) groups is 1. The first-order valence-corrected chi connectivity index (χ1v) is 8.10. The lowest BCUT2D eigenvalue weighted by Crippen LogP contribution is -2.46. The predicted octanol–water partition coefficient (Wildman–Crippen LogP) is 1.09. The Morgan fingerprint density at radius 2 is 2.30 bits per heavy atom. The molecule has 2 fully saturated rings. The van der Waals surface area contributed by atoms with Gasteiger partial charge in [0.15, 0.2) is 0 Å². The maximum atomic E-state index is 13.9. The minimum Gasteiger partial charge on any atom is -0.396 e. The Balaban J connectivity index is 1.58. The highest BCUT2D eigenvalue weighted by molar-refractivity contribution is 5.94. The summed E-state index contributed by atoms with van der Waals surface area (Å²) in [5.74, 6) is -0.843. The first-order valence-electron chi connectivity index (χ1n) is 8.10. The maximum Gasteiger partial charge on any atom is 0.254 e. The molecule has 0 aliphatic carbocycles. The number of aliphatic hydroxyl groups excluding tert-OH is 1. The number of nitrogens with one attached hydrogen (secondary N) is 1. The van der Waals surface area contributed by atoms with E-state index in [1.165, 1.54) is 12.1 Å². The van der Waals surface area contributed by atoms with Crippen molar-refractivity contribution in [1.29, 1.82) is 0 Å². The molecule has 0 radical (unpaired) electrons. The summed E-state index contributed by atoms with van der Waals surface area (Å²) in [4.78, 5) is 14.6. The third-order valence-corrected chi connectivity index (χ3v) is 4.65. The average Bonchev–Trinajstić information content (AvgIpc) is 2.88. The number of aliphatic hydroxyl groups is 1. The van der Waals surface area contributed by atoms with Crippen LogP contribution in [-0.2, 0) is 4.74 Å². The Hall–Kier alpha value is -1.50. The van der Waals surface area contributed by atoms with E-state index in [1.807, 2.05) is 0 Å². The standard InChI is InChI=1S/C17H23FN2O3/c1-11-2-3-15(16(18)6-11)17(22)19-12-7-13-10-23-14(4-5-21)9-20(13)8-12/h2-3,6,12-14,21H,4-5,7-10H2,1H3,(H,19,22)/t12-,13-,14-/m0/s1. The summed E-state index contributed by atoms with van der Waals surface area (Å²) in [6, 6.07) is 4.94. The molecule has 2 aliphatic rings. The summed E-state index contributed by atoms with van der Waals surface area (Å²) in [5, 5.41) is 11.9. The molecule has 0 aromatic heterocycles. The third kappa shape index (κ3) is 3.71. The molecule has 5 nitrogen and oxygen atoms in total. The van der Waals surface area contributed by atoms with Gasteiger partial charge >= 0.3 is 0 Å². The molecule has 2 saturated heterocycles. The zero-order valence-electron chi connectivity index (χ0n) is 13.3. The van der Waals surface area contributed by atoms with Crippen LogP contribution in [0.15, 0.2) is 18.2 Å². The fraction of sp³-hybridized carbons (Fsp3) is 0.588. The monoisotopic (exact) mass is 322 g/mol. The van der Waals surface area contributed by atoms with Crippen LogP contribution in [0.5, 0.6) is 0 Å². The van der Waals surface area contributed by atoms with Crippen LogP contribution in [0.4, 0.5) is 4.39 Å².